The quantitative estimate of drug-likeness (QED) is 0.553. The molecule has 2 aromatic carbocycles. The second-order valence-electron chi connectivity index (χ2n) is 9.30. The smallest absolute Gasteiger partial charge is 0.227 e. The lowest BCUT2D eigenvalue weighted by Gasteiger charge is -2.43. The van der Waals surface area contributed by atoms with Gasteiger partial charge in [-0.25, -0.2) is 18.7 Å². The summed E-state index contributed by atoms with van der Waals surface area (Å²) >= 11 is 0. The van der Waals surface area contributed by atoms with Gasteiger partial charge in [-0.1, -0.05) is 6.07 Å². The maximum Gasteiger partial charge on any atom is 0.227 e. The Labute approximate surface area is 198 Å². The molecular weight excluding hydrogens is 436 g/mol. The first-order chi connectivity index (χ1) is 16.3. The summed E-state index contributed by atoms with van der Waals surface area (Å²) in [5, 5.41) is 6.52. The predicted molar refractivity (Wildman–Crippen MR) is 130 cm³/mol. The Kier molecular flexibility index (Phi) is 5.85. The first kappa shape index (κ1) is 22.5. The van der Waals surface area contributed by atoms with E-state index < -0.39 is 11.6 Å². The van der Waals surface area contributed by atoms with E-state index in [0.717, 1.165) is 31.4 Å². The van der Waals surface area contributed by atoms with Gasteiger partial charge in [0.05, 0.1) is 17.9 Å². The average molecular weight is 466 g/mol. The molecule has 1 aromatic heterocycles. The van der Waals surface area contributed by atoms with Crippen molar-refractivity contribution in [1.82, 2.24) is 15.3 Å². The first-order valence-corrected chi connectivity index (χ1v) is 11.7. The van der Waals surface area contributed by atoms with E-state index in [4.69, 9.17) is 4.74 Å². The van der Waals surface area contributed by atoms with Crippen LogP contribution >= 0.6 is 0 Å². The summed E-state index contributed by atoms with van der Waals surface area (Å²) in [7, 11) is 0. The summed E-state index contributed by atoms with van der Waals surface area (Å²) in [6.07, 6.45) is 1.89. The molecule has 0 aliphatic carbocycles. The zero-order chi connectivity index (χ0) is 24.0. The Morgan fingerprint density at radius 2 is 1.94 bits per heavy atom. The van der Waals surface area contributed by atoms with Crippen LogP contribution in [0.15, 0.2) is 36.5 Å². The van der Waals surface area contributed by atoms with Crippen LogP contribution in [0.25, 0.3) is 11.3 Å². The van der Waals surface area contributed by atoms with Gasteiger partial charge in [0.25, 0.3) is 0 Å². The fourth-order valence-electron chi connectivity index (χ4n) is 4.82. The highest BCUT2D eigenvalue weighted by molar-refractivity contribution is 5.73. The van der Waals surface area contributed by atoms with Crippen LogP contribution in [0.1, 0.15) is 38.8 Å². The lowest BCUT2D eigenvalue weighted by atomic mass is 10.0. The van der Waals surface area contributed by atoms with Crippen LogP contribution in [-0.4, -0.2) is 34.7 Å². The van der Waals surface area contributed by atoms with Crippen molar-refractivity contribution in [2.45, 2.75) is 58.8 Å². The van der Waals surface area contributed by atoms with Gasteiger partial charge in [-0.15, -0.1) is 0 Å². The molecule has 0 amide bonds. The third-order valence-corrected chi connectivity index (χ3v) is 6.65. The number of ether oxygens (including phenoxy) is 1. The van der Waals surface area contributed by atoms with E-state index >= 15 is 4.39 Å². The average Bonchev–Trinajstić information content (AvgIpc) is 2.81. The number of hydrogen-bond donors (Lipinski definition) is 2. The van der Waals surface area contributed by atoms with E-state index in [2.05, 4.69) is 37.6 Å². The molecule has 2 aliphatic rings. The van der Waals surface area contributed by atoms with Crippen molar-refractivity contribution in [2.75, 3.05) is 16.8 Å². The van der Waals surface area contributed by atoms with E-state index in [1.165, 1.54) is 17.2 Å². The molecule has 2 unspecified atom stereocenters. The minimum atomic E-state index is -0.615. The van der Waals surface area contributed by atoms with Crippen LogP contribution in [-0.2, 0) is 13.0 Å². The largest absolute Gasteiger partial charge is 0.483 e. The van der Waals surface area contributed by atoms with Crippen LogP contribution in [0.2, 0.25) is 0 Å². The number of fused-ring (bicyclic) bond motifs is 2. The number of hydrogen-bond acceptors (Lipinski definition) is 6. The number of anilines is 3. The topological polar surface area (TPSA) is 62.3 Å². The second-order valence-corrected chi connectivity index (χ2v) is 9.30. The highest BCUT2D eigenvalue weighted by atomic mass is 19.1. The van der Waals surface area contributed by atoms with E-state index in [9.17, 15) is 4.39 Å². The number of aromatic nitrogens is 2. The van der Waals surface area contributed by atoms with Crippen molar-refractivity contribution in [2.24, 2.45) is 0 Å². The molecule has 0 bridgehead atoms. The number of halogens is 2. The molecule has 0 radical (unpaired) electrons. The van der Waals surface area contributed by atoms with Crippen molar-refractivity contribution in [1.29, 1.82) is 0 Å². The molecule has 0 fully saturated rings. The van der Waals surface area contributed by atoms with Crippen molar-refractivity contribution in [3.8, 4) is 17.0 Å². The molecule has 178 valence electrons. The summed E-state index contributed by atoms with van der Waals surface area (Å²) in [6.45, 7) is 9.85. The van der Waals surface area contributed by atoms with Gasteiger partial charge in [0, 0.05) is 23.8 Å². The summed E-state index contributed by atoms with van der Waals surface area (Å²) in [6, 6.07) is 9.27. The maximum absolute atomic E-state index is 15.2. The molecule has 6 nitrogen and oxygen atoms in total. The van der Waals surface area contributed by atoms with E-state index in [1.807, 2.05) is 33.8 Å². The molecule has 5 rings (SSSR count). The molecular formula is C26H29F2N5O. The Morgan fingerprint density at radius 1 is 1.12 bits per heavy atom. The molecule has 8 heteroatoms. The Bertz CT molecular complexity index is 1230. The molecule has 2 N–H and O–H groups in total. The number of nitrogens with one attached hydrogen (secondary N) is 2. The number of benzene rings is 2. The lowest BCUT2D eigenvalue weighted by molar-refractivity contribution is 0.164. The zero-order valence-corrected chi connectivity index (χ0v) is 19.8. The number of nitrogens with zero attached hydrogens (tertiary/aromatic N) is 3. The maximum atomic E-state index is 15.2. The normalized spacial score (nSPS) is 19.4. The van der Waals surface area contributed by atoms with Crippen LogP contribution in [0, 0.1) is 11.6 Å². The Hall–Kier alpha value is -3.26. The molecule has 3 aromatic rings. The minimum absolute atomic E-state index is 0.0360. The molecule has 0 saturated carbocycles. The van der Waals surface area contributed by atoms with Crippen LogP contribution in [0.3, 0.4) is 0 Å². The standard InChI is InChI=1S/C26H29F2N5O/c1-14(2)33-15(3)16(4)34-25-21(27)10-19(11-23(25)33)24-22(28)13-30-26(32-24)31-20-6-5-18-12-29-8-7-17(18)9-20/h5-6,9-11,13-16,29H,7-8,12H2,1-4H3,(H,30,31,32). The van der Waals surface area contributed by atoms with Crippen LogP contribution in [0.5, 0.6) is 5.75 Å². The summed E-state index contributed by atoms with van der Waals surface area (Å²) in [4.78, 5) is 10.6. The van der Waals surface area contributed by atoms with Gasteiger partial charge in [0.2, 0.25) is 5.95 Å². The predicted octanol–water partition coefficient (Wildman–Crippen LogP) is 5.20. The summed E-state index contributed by atoms with van der Waals surface area (Å²) in [5.74, 6) is -0.704. The van der Waals surface area contributed by atoms with Gasteiger partial charge >= 0.3 is 0 Å². The third-order valence-electron chi connectivity index (χ3n) is 6.65. The Morgan fingerprint density at radius 3 is 2.74 bits per heavy atom. The minimum Gasteiger partial charge on any atom is -0.483 e. The van der Waals surface area contributed by atoms with E-state index in [1.54, 1.807) is 6.07 Å². The van der Waals surface area contributed by atoms with Crippen molar-refractivity contribution < 1.29 is 13.5 Å². The summed E-state index contributed by atoms with van der Waals surface area (Å²) in [5.41, 5.74) is 4.34. The van der Waals surface area contributed by atoms with Crippen molar-refractivity contribution in [3.63, 3.8) is 0 Å². The molecule has 0 saturated heterocycles. The highest BCUT2D eigenvalue weighted by Crippen LogP contribution is 2.42. The molecule has 3 heterocycles. The number of rotatable bonds is 4. The van der Waals surface area contributed by atoms with Gasteiger partial charge in [0.1, 0.15) is 11.8 Å². The highest BCUT2D eigenvalue weighted by Gasteiger charge is 2.34. The SMILES string of the molecule is CC1Oc2c(F)cc(-c3nc(Nc4ccc5c(c4)CCNC5)ncc3F)cc2N(C(C)C)C1C. The molecule has 34 heavy (non-hydrogen) atoms. The van der Waals surface area contributed by atoms with Crippen molar-refractivity contribution in [3.05, 3.63) is 59.3 Å². The first-order valence-electron chi connectivity index (χ1n) is 11.7. The molecule has 2 atom stereocenters. The second kappa shape index (κ2) is 8.83. The van der Waals surface area contributed by atoms with Gasteiger partial charge in [-0.05, 0) is 76.1 Å². The molecule has 2 aliphatic heterocycles. The van der Waals surface area contributed by atoms with Crippen LogP contribution < -0.4 is 20.3 Å². The zero-order valence-electron chi connectivity index (χ0n) is 19.8. The van der Waals surface area contributed by atoms with Gasteiger partial charge in [-0.2, -0.15) is 0 Å². The third kappa shape index (κ3) is 4.07. The van der Waals surface area contributed by atoms with E-state index in [-0.39, 0.29) is 35.6 Å². The van der Waals surface area contributed by atoms with Crippen LogP contribution in [0.4, 0.5) is 26.1 Å². The lowest BCUT2D eigenvalue weighted by Crippen LogP contribution is -2.50. The summed E-state index contributed by atoms with van der Waals surface area (Å²) < 4.78 is 35.9. The fourth-order valence-corrected chi connectivity index (χ4v) is 4.82. The van der Waals surface area contributed by atoms with Gasteiger partial charge in [-0.3, -0.25) is 0 Å². The van der Waals surface area contributed by atoms with E-state index in [0.29, 0.717) is 11.3 Å². The van der Waals surface area contributed by atoms with Gasteiger partial charge < -0.3 is 20.3 Å². The van der Waals surface area contributed by atoms with Gasteiger partial charge in [0.15, 0.2) is 17.4 Å². The molecule has 0 spiro atoms. The van der Waals surface area contributed by atoms with Crippen molar-refractivity contribution >= 4 is 17.3 Å². The Balaban J connectivity index is 1.51. The fraction of sp³-hybridized carbons (Fsp3) is 0.385. The monoisotopic (exact) mass is 465 g/mol.